The quantitative estimate of drug-likeness (QED) is 0.672. The standard InChI is InChI=1S/C15H16S/c1-11-9-10-14(16-3)15(12(11)2)13-7-5-4-6-8-13/h4-10H,1-3H3. The molecule has 1 heteroatoms. The van der Waals surface area contributed by atoms with Crippen LogP contribution in [0.25, 0.3) is 11.1 Å². The predicted molar refractivity (Wildman–Crippen MR) is 73.1 cm³/mol. The lowest BCUT2D eigenvalue weighted by molar-refractivity contribution is 1.28. The van der Waals surface area contributed by atoms with Gasteiger partial charge in [0.1, 0.15) is 0 Å². The van der Waals surface area contributed by atoms with Crippen molar-refractivity contribution >= 4 is 11.8 Å². The van der Waals surface area contributed by atoms with Crippen molar-refractivity contribution in [2.45, 2.75) is 18.7 Å². The third-order valence-corrected chi connectivity index (χ3v) is 3.76. The summed E-state index contributed by atoms with van der Waals surface area (Å²) in [6.07, 6.45) is 2.14. The van der Waals surface area contributed by atoms with Crippen molar-refractivity contribution in [3.63, 3.8) is 0 Å². The van der Waals surface area contributed by atoms with Crippen molar-refractivity contribution in [2.75, 3.05) is 6.26 Å². The topological polar surface area (TPSA) is 0 Å². The minimum Gasteiger partial charge on any atom is -0.129 e. The van der Waals surface area contributed by atoms with E-state index in [9.17, 15) is 0 Å². The molecule has 0 aromatic heterocycles. The van der Waals surface area contributed by atoms with Crippen LogP contribution in [0.1, 0.15) is 11.1 Å². The first-order valence-corrected chi connectivity index (χ1v) is 6.66. The first kappa shape index (κ1) is 11.3. The summed E-state index contributed by atoms with van der Waals surface area (Å²) in [5, 5.41) is 0. The van der Waals surface area contributed by atoms with Gasteiger partial charge in [0.2, 0.25) is 0 Å². The molecule has 2 rings (SSSR count). The van der Waals surface area contributed by atoms with Crippen molar-refractivity contribution in [1.82, 2.24) is 0 Å². The zero-order valence-corrected chi connectivity index (χ0v) is 10.8. The van der Waals surface area contributed by atoms with Gasteiger partial charge in [0.25, 0.3) is 0 Å². The molecule has 0 amide bonds. The third-order valence-electron chi connectivity index (χ3n) is 2.98. The zero-order valence-electron chi connectivity index (χ0n) is 9.95. The molecular formula is C15H16S. The maximum absolute atomic E-state index is 2.22. The summed E-state index contributed by atoms with van der Waals surface area (Å²) < 4.78 is 0. The second-order valence-electron chi connectivity index (χ2n) is 3.95. The number of hydrogen-bond acceptors (Lipinski definition) is 1. The molecule has 82 valence electrons. The molecule has 2 aromatic rings. The number of aryl methyl sites for hydroxylation is 1. The van der Waals surface area contributed by atoms with Crippen LogP contribution in [0.15, 0.2) is 47.4 Å². The Bertz CT molecular complexity index is 486. The number of thioether (sulfide) groups is 1. The maximum Gasteiger partial charge on any atom is 0.0150 e. The largest absolute Gasteiger partial charge is 0.129 e. The van der Waals surface area contributed by atoms with Gasteiger partial charge in [0.15, 0.2) is 0 Å². The highest BCUT2D eigenvalue weighted by Crippen LogP contribution is 2.34. The van der Waals surface area contributed by atoms with Crippen molar-refractivity contribution in [3.05, 3.63) is 53.6 Å². The lowest BCUT2D eigenvalue weighted by atomic mass is 9.97. The Kier molecular flexibility index (Phi) is 3.35. The Hall–Kier alpha value is -1.21. The second-order valence-corrected chi connectivity index (χ2v) is 4.80. The van der Waals surface area contributed by atoms with E-state index in [0.29, 0.717) is 0 Å². The molecule has 0 N–H and O–H groups in total. The summed E-state index contributed by atoms with van der Waals surface area (Å²) in [7, 11) is 0. The summed E-state index contributed by atoms with van der Waals surface area (Å²) in [6.45, 7) is 4.38. The maximum atomic E-state index is 2.22. The summed E-state index contributed by atoms with van der Waals surface area (Å²) in [5.41, 5.74) is 5.44. The summed E-state index contributed by atoms with van der Waals surface area (Å²) >= 11 is 1.81. The van der Waals surface area contributed by atoms with E-state index in [2.05, 4.69) is 62.6 Å². The molecule has 0 aliphatic heterocycles. The highest BCUT2D eigenvalue weighted by atomic mass is 32.2. The van der Waals surface area contributed by atoms with Crippen LogP contribution < -0.4 is 0 Å². The van der Waals surface area contributed by atoms with Gasteiger partial charge in [-0.25, -0.2) is 0 Å². The van der Waals surface area contributed by atoms with Gasteiger partial charge in [0, 0.05) is 4.90 Å². The van der Waals surface area contributed by atoms with Crippen molar-refractivity contribution in [3.8, 4) is 11.1 Å². The Morgan fingerprint density at radius 1 is 0.875 bits per heavy atom. The van der Waals surface area contributed by atoms with Gasteiger partial charge >= 0.3 is 0 Å². The van der Waals surface area contributed by atoms with Crippen molar-refractivity contribution in [1.29, 1.82) is 0 Å². The van der Waals surface area contributed by atoms with E-state index in [1.54, 1.807) is 0 Å². The molecule has 0 saturated heterocycles. The molecule has 0 atom stereocenters. The Labute approximate surface area is 102 Å². The van der Waals surface area contributed by atoms with E-state index in [1.807, 2.05) is 11.8 Å². The highest BCUT2D eigenvalue weighted by molar-refractivity contribution is 7.98. The zero-order chi connectivity index (χ0) is 11.5. The van der Waals surface area contributed by atoms with Crippen LogP contribution in [0.3, 0.4) is 0 Å². The van der Waals surface area contributed by atoms with Crippen molar-refractivity contribution in [2.24, 2.45) is 0 Å². The molecule has 0 radical (unpaired) electrons. The fraction of sp³-hybridized carbons (Fsp3) is 0.200. The molecule has 0 aliphatic rings. The van der Waals surface area contributed by atoms with Crippen LogP contribution in [-0.2, 0) is 0 Å². The van der Waals surface area contributed by atoms with E-state index >= 15 is 0 Å². The molecule has 0 unspecified atom stereocenters. The number of hydrogen-bond donors (Lipinski definition) is 0. The summed E-state index contributed by atoms with van der Waals surface area (Å²) in [4.78, 5) is 1.36. The third kappa shape index (κ3) is 2.00. The van der Waals surface area contributed by atoms with Crippen LogP contribution in [0, 0.1) is 13.8 Å². The second kappa shape index (κ2) is 4.75. The Morgan fingerprint density at radius 2 is 1.56 bits per heavy atom. The average Bonchev–Trinajstić information content (AvgIpc) is 2.33. The fourth-order valence-corrected chi connectivity index (χ4v) is 2.60. The van der Waals surface area contributed by atoms with E-state index in [-0.39, 0.29) is 0 Å². The van der Waals surface area contributed by atoms with Crippen molar-refractivity contribution < 1.29 is 0 Å². The molecule has 2 aromatic carbocycles. The van der Waals surface area contributed by atoms with Gasteiger partial charge < -0.3 is 0 Å². The Balaban J connectivity index is 2.67. The SMILES string of the molecule is CSc1ccc(C)c(C)c1-c1ccccc1. The first-order valence-electron chi connectivity index (χ1n) is 5.43. The highest BCUT2D eigenvalue weighted by Gasteiger charge is 2.08. The van der Waals surface area contributed by atoms with Crippen LogP contribution in [0.2, 0.25) is 0 Å². The van der Waals surface area contributed by atoms with E-state index in [4.69, 9.17) is 0 Å². The minimum atomic E-state index is 1.31. The van der Waals surface area contributed by atoms with Crippen LogP contribution in [0.4, 0.5) is 0 Å². The molecule has 0 saturated carbocycles. The van der Waals surface area contributed by atoms with Crippen LogP contribution >= 0.6 is 11.8 Å². The van der Waals surface area contributed by atoms with Gasteiger partial charge in [0.05, 0.1) is 0 Å². The summed E-state index contributed by atoms with van der Waals surface area (Å²) in [6, 6.07) is 15.0. The Morgan fingerprint density at radius 3 is 2.19 bits per heavy atom. The van der Waals surface area contributed by atoms with Gasteiger partial charge in [-0.1, -0.05) is 36.4 Å². The monoisotopic (exact) mass is 228 g/mol. The molecule has 0 fully saturated rings. The summed E-state index contributed by atoms with van der Waals surface area (Å²) in [5.74, 6) is 0. The molecular weight excluding hydrogens is 212 g/mol. The van der Waals surface area contributed by atoms with E-state index in [1.165, 1.54) is 27.1 Å². The van der Waals surface area contributed by atoms with Gasteiger partial charge in [-0.05, 0) is 48.4 Å². The molecule has 16 heavy (non-hydrogen) atoms. The van der Waals surface area contributed by atoms with Gasteiger partial charge in [-0.3, -0.25) is 0 Å². The average molecular weight is 228 g/mol. The first-order chi connectivity index (χ1) is 7.74. The normalized spacial score (nSPS) is 10.4. The predicted octanol–water partition coefficient (Wildman–Crippen LogP) is 4.69. The smallest absolute Gasteiger partial charge is 0.0150 e. The van der Waals surface area contributed by atoms with E-state index < -0.39 is 0 Å². The van der Waals surface area contributed by atoms with E-state index in [0.717, 1.165) is 0 Å². The van der Waals surface area contributed by atoms with Crippen LogP contribution in [0.5, 0.6) is 0 Å². The molecule has 0 heterocycles. The molecule has 0 aliphatic carbocycles. The lowest BCUT2D eigenvalue weighted by Crippen LogP contribution is -1.90. The van der Waals surface area contributed by atoms with Gasteiger partial charge in [-0.15, -0.1) is 11.8 Å². The minimum absolute atomic E-state index is 1.31. The number of rotatable bonds is 2. The molecule has 0 spiro atoms. The number of benzene rings is 2. The fourth-order valence-electron chi connectivity index (χ4n) is 1.92. The van der Waals surface area contributed by atoms with Crippen LogP contribution in [-0.4, -0.2) is 6.26 Å². The lowest BCUT2D eigenvalue weighted by Gasteiger charge is -2.13. The molecule has 0 bridgehead atoms. The van der Waals surface area contributed by atoms with Gasteiger partial charge in [-0.2, -0.15) is 0 Å². The molecule has 0 nitrogen and oxygen atoms in total.